The Hall–Kier alpha value is -2.34. The zero-order chi connectivity index (χ0) is 18.3. The molecule has 0 radical (unpaired) electrons. The predicted octanol–water partition coefficient (Wildman–Crippen LogP) is 3.90. The monoisotopic (exact) mass is 369 g/mol. The fraction of sp³-hybridized carbons (Fsp3) is 0.350. The van der Waals surface area contributed by atoms with Gasteiger partial charge >= 0.3 is 0 Å². The summed E-state index contributed by atoms with van der Waals surface area (Å²) in [4.78, 5) is 10.9. The number of fused-ring (bicyclic) bond motifs is 2. The lowest BCUT2D eigenvalue weighted by Crippen LogP contribution is -2.38. The largest absolute Gasteiger partial charge is 0.497 e. The van der Waals surface area contributed by atoms with Gasteiger partial charge in [-0.15, -0.1) is 0 Å². The SMILES string of the molecule is CCN1c2c(cc(OC)cc2S(=O)c2nc3ccccc3[nH]2)CCC1C. The second-order valence-electron chi connectivity index (χ2n) is 6.63. The van der Waals surface area contributed by atoms with Crippen LogP contribution in [0.3, 0.4) is 0 Å². The molecule has 2 aromatic carbocycles. The standard InChI is InChI=1S/C20H23N3O2S/c1-4-23-13(2)9-10-14-11-15(25-3)12-18(19(14)23)26(24)20-21-16-7-5-6-8-17(16)22-20/h5-8,11-13H,4,9-10H2,1-3H3,(H,21,22). The average molecular weight is 369 g/mol. The van der Waals surface area contributed by atoms with Crippen LogP contribution in [0.15, 0.2) is 46.5 Å². The predicted molar refractivity (Wildman–Crippen MR) is 105 cm³/mol. The van der Waals surface area contributed by atoms with Crippen LogP contribution in [0.2, 0.25) is 0 Å². The van der Waals surface area contributed by atoms with Crippen LogP contribution in [0.5, 0.6) is 5.75 Å². The number of hydrogen-bond acceptors (Lipinski definition) is 4. The Kier molecular flexibility index (Phi) is 4.44. The van der Waals surface area contributed by atoms with Crippen molar-refractivity contribution >= 4 is 27.5 Å². The van der Waals surface area contributed by atoms with Crippen LogP contribution in [0.25, 0.3) is 11.0 Å². The van der Waals surface area contributed by atoms with Crippen LogP contribution < -0.4 is 9.64 Å². The first-order chi connectivity index (χ1) is 12.6. The number of nitrogens with zero attached hydrogens (tertiary/aromatic N) is 2. The molecule has 0 saturated carbocycles. The number of anilines is 1. The van der Waals surface area contributed by atoms with E-state index in [0.29, 0.717) is 11.2 Å². The minimum absolute atomic E-state index is 0.423. The smallest absolute Gasteiger partial charge is 0.202 e. The van der Waals surface area contributed by atoms with Gasteiger partial charge in [-0.3, -0.25) is 0 Å². The Morgan fingerprint density at radius 3 is 2.88 bits per heavy atom. The summed E-state index contributed by atoms with van der Waals surface area (Å²) >= 11 is 0. The van der Waals surface area contributed by atoms with Crippen LogP contribution >= 0.6 is 0 Å². The van der Waals surface area contributed by atoms with Gasteiger partial charge in [0.15, 0.2) is 0 Å². The molecule has 0 saturated heterocycles. The van der Waals surface area contributed by atoms with E-state index in [9.17, 15) is 4.21 Å². The molecule has 136 valence electrons. The van der Waals surface area contributed by atoms with Crippen LogP contribution in [0.4, 0.5) is 5.69 Å². The maximum atomic E-state index is 13.5. The van der Waals surface area contributed by atoms with Crippen molar-refractivity contribution in [2.45, 2.75) is 42.8 Å². The van der Waals surface area contributed by atoms with Gasteiger partial charge in [-0.1, -0.05) is 12.1 Å². The molecule has 0 amide bonds. The van der Waals surface area contributed by atoms with Crippen molar-refractivity contribution < 1.29 is 8.95 Å². The molecular weight excluding hydrogens is 346 g/mol. The Balaban J connectivity index is 1.88. The fourth-order valence-electron chi connectivity index (χ4n) is 3.75. The van der Waals surface area contributed by atoms with Gasteiger partial charge in [-0.2, -0.15) is 0 Å². The third-order valence-corrected chi connectivity index (χ3v) is 6.35. The van der Waals surface area contributed by atoms with E-state index in [4.69, 9.17) is 4.74 Å². The first-order valence-electron chi connectivity index (χ1n) is 8.96. The van der Waals surface area contributed by atoms with Crippen molar-refractivity contribution in [1.29, 1.82) is 0 Å². The van der Waals surface area contributed by atoms with Gasteiger partial charge in [-0.25, -0.2) is 9.19 Å². The summed E-state index contributed by atoms with van der Waals surface area (Å²) in [5, 5.41) is 0.482. The van der Waals surface area contributed by atoms with E-state index >= 15 is 0 Å². The van der Waals surface area contributed by atoms with Gasteiger partial charge in [0.25, 0.3) is 0 Å². The second kappa shape index (κ2) is 6.76. The number of methoxy groups -OCH3 is 1. The molecule has 1 aliphatic rings. The number of aromatic nitrogens is 2. The molecule has 1 aromatic heterocycles. The lowest BCUT2D eigenvalue weighted by atomic mass is 9.96. The lowest BCUT2D eigenvalue weighted by Gasteiger charge is -2.37. The third-order valence-electron chi connectivity index (χ3n) is 5.10. The minimum atomic E-state index is -1.41. The molecule has 1 N–H and O–H groups in total. The van der Waals surface area contributed by atoms with Crippen molar-refractivity contribution in [2.75, 3.05) is 18.6 Å². The number of aryl methyl sites for hydroxylation is 1. The van der Waals surface area contributed by atoms with E-state index in [-0.39, 0.29) is 0 Å². The van der Waals surface area contributed by atoms with E-state index < -0.39 is 10.8 Å². The molecule has 2 atom stereocenters. The van der Waals surface area contributed by atoms with Crippen LogP contribution in [0, 0.1) is 0 Å². The molecule has 2 heterocycles. The summed E-state index contributed by atoms with van der Waals surface area (Å²) in [5.74, 6) is 0.744. The van der Waals surface area contributed by atoms with Crippen molar-refractivity contribution in [3.05, 3.63) is 42.0 Å². The van der Waals surface area contributed by atoms with E-state index in [1.54, 1.807) is 7.11 Å². The summed E-state index contributed by atoms with van der Waals surface area (Å²) in [6.45, 7) is 5.25. The first kappa shape index (κ1) is 17.1. The highest BCUT2D eigenvalue weighted by molar-refractivity contribution is 7.85. The average Bonchev–Trinajstić information content (AvgIpc) is 3.10. The summed E-state index contributed by atoms with van der Waals surface area (Å²) in [7, 11) is 0.245. The number of ether oxygens (including phenoxy) is 1. The minimum Gasteiger partial charge on any atom is -0.497 e. The molecule has 1 aliphatic heterocycles. The quantitative estimate of drug-likeness (QED) is 0.758. The highest BCUT2D eigenvalue weighted by Gasteiger charge is 2.29. The topological polar surface area (TPSA) is 58.2 Å². The molecule has 2 unspecified atom stereocenters. The van der Waals surface area contributed by atoms with Crippen molar-refractivity contribution in [2.24, 2.45) is 0 Å². The first-order valence-corrected chi connectivity index (χ1v) is 10.1. The molecule has 0 aliphatic carbocycles. The van der Waals surface area contributed by atoms with Crippen LogP contribution in [-0.4, -0.2) is 33.9 Å². The number of benzene rings is 2. The van der Waals surface area contributed by atoms with Crippen molar-refractivity contribution in [3.8, 4) is 5.75 Å². The zero-order valence-electron chi connectivity index (χ0n) is 15.3. The molecule has 0 bridgehead atoms. The molecular formula is C20H23N3O2S. The second-order valence-corrected chi connectivity index (χ2v) is 8.00. The van der Waals surface area contributed by atoms with E-state index in [1.807, 2.05) is 30.3 Å². The maximum absolute atomic E-state index is 13.5. The summed E-state index contributed by atoms with van der Waals surface area (Å²) in [5.41, 5.74) is 4.00. The Morgan fingerprint density at radius 2 is 2.15 bits per heavy atom. The van der Waals surface area contributed by atoms with Crippen molar-refractivity contribution in [1.82, 2.24) is 9.97 Å². The summed E-state index contributed by atoms with van der Waals surface area (Å²) in [6.07, 6.45) is 2.05. The molecule has 26 heavy (non-hydrogen) atoms. The van der Waals surface area contributed by atoms with E-state index in [2.05, 4.69) is 34.8 Å². The van der Waals surface area contributed by atoms with Crippen LogP contribution in [0.1, 0.15) is 25.8 Å². The number of imidazole rings is 1. The number of hydrogen-bond donors (Lipinski definition) is 1. The number of nitrogens with one attached hydrogen (secondary N) is 1. The van der Waals surface area contributed by atoms with Gasteiger partial charge in [0.05, 0.1) is 28.7 Å². The Labute approximate surface area is 155 Å². The summed E-state index contributed by atoms with van der Waals surface area (Å²) < 4.78 is 18.9. The fourth-order valence-corrected chi connectivity index (χ4v) is 4.98. The van der Waals surface area contributed by atoms with Gasteiger partial charge in [-0.05, 0) is 56.5 Å². The molecule has 6 heteroatoms. The van der Waals surface area contributed by atoms with E-state index in [1.165, 1.54) is 5.56 Å². The molecule has 3 aromatic rings. The third kappa shape index (κ3) is 2.78. The van der Waals surface area contributed by atoms with E-state index in [0.717, 1.165) is 46.8 Å². The van der Waals surface area contributed by atoms with Crippen LogP contribution in [-0.2, 0) is 17.2 Å². The molecule has 4 rings (SSSR count). The normalized spacial score (nSPS) is 18.0. The van der Waals surface area contributed by atoms with Gasteiger partial charge in [0.1, 0.15) is 16.5 Å². The Bertz CT molecular complexity index is 949. The Morgan fingerprint density at radius 1 is 1.35 bits per heavy atom. The van der Waals surface area contributed by atoms with Gasteiger partial charge in [0, 0.05) is 12.6 Å². The van der Waals surface area contributed by atoms with Gasteiger partial charge in [0.2, 0.25) is 5.16 Å². The summed E-state index contributed by atoms with van der Waals surface area (Å²) in [6, 6.07) is 12.1. The zero-order valence-corrected chi connectivity index (χ0v) is 16.1. The maximum Gasteiger partial charge on any atom is 0.202 e. The number of rotatable bonds is 4. The lowest BCUT2D eigenvalue weighted by molar-refractivity contribution is 0.412. The van der Waals surface area contributed by atoms with Gasteiger partial charge < -0.3 is 14.6 Å². The van der Waals surface area contributed by atoms with Crippen molar-refractivity contribution in [3.63, 3.8) is 0 Å². The number of aromatic amines is 1. The molecule has 5 nitrogen and oxygen atoms in total. The highest BCUT2D eigenvalue weighted by Crippen LogP contribution is 2.39. The number of H-pyrrole nitrogens is 1. The molecule has 0 spiro atoms. The molecule has 0 fully saturated rings. The highest BCUT2D eigenvalue weighted by atomic mass is 32.2. The number of para-hydroxylation sites is 2.